The first kappa shape index (κ1) is 9.63. The summed E-state index contributed by atoms with van der Waals surface area (Å²) in [6, 6.07) is 0. The molecule has 0 aromatic heterocycles. The Hall–Kier alpha value is 0.539. The normalized spacial score (nSPS) is 33.7. The molecule has 0 fully saturated rings. The molecule has 0 saturated carbocycles. The molecule has 0 saturated heterocycles. The average molecular weight is 259 g/mol. The van der Waals surface area contributed by atoms with Gasteiger partial charge in [-0.15, -0.1) is 0 Å². The summed E-state index contributed by atoms with van der Waals surface area (Å²) >= 11 is -1.75. The second kappa shape index (κ2) is 2.79. The molecule has 0 bridgehead atoms. The predicted octanol–water partition coefficient (Wildman–Crippen LogP) is 3.83. The van der Waals surface area contributed by atoms with Crippen LogP contribution in [0.2, 0.25) is 17.2 Å². The first-order chi connectivity index (χ1) is 4.88. The van der Waals surface area contributed by atoms with Gasteiger partial charge in [0.1, 0.15) is 0 Å². The van der Waals surface area contributed by atoms with Gasteiger partial charge in [0, 0.05) is 0 Å². The maximum atomic E-state index is 2.59. The number of hydrogen-bond donors (Lipinski definition) is 0. The van der Waals surface area contributed by atoms with Gasteiger partial charge >= 0.3 is 75.0 Å². The first-order valence-corrected chi connectivity index (χ1v) is 13.3. The standard InChI is InChI=1S/C8H14.2CH3.Sn/c1-4-5-6-7-8(2)3;;;/h4-6H,7H2,1-3H3;2*1H3;. The van der Waals surface area contributed by atoms with Crippen LogP contribution in [0.4, 0.5) is 0 Å². The third-order valence-corrected chi connectivity index (χ3v) is 21.5. The molecular weight excluding hydrogens is 239 g/mol. The van der Waals surface area contributed by atoms with Gasteiger partial charge in [0.2, 0.25) is 0 Å². The Morgan fingerprint density at radius 3 is 2.27 bits per heavy atom. The molecule has 1 aliphatic heterocycles. The van der Waals surface area contributed by atoms with E-state index in [9.17, 15) is 0 Å². The van der Waals surface area contributed by atoms with E-state index in [0.29, 0.717) is 3.43 Å². The molecule has 1 heteroatoms. The second-order valence-corrected chi connectivity index (χ2v) is 21.3. The van der Waals surface area contributed by atoms with Gasteiger partial charge in [-0.2, -0.15) is 0 Å². The van der Waals surface area contributed by atoms with E-state index < -0.39 is 18.4 Å². The Kier molecular flexibility index (Phi) is 2.44. The van der Waals surface area contributed by atoms with Gasteiger partial charge in [-0.25, -0.2) is 0 Å². The fourth-order valence-corrected chi connectivity index (χ4v) is 8.80. The zero-order valence-electron chi connectivity index (χ0n) is 8.44. The second-order valence-electron chi connectivity index (χ2n) is 5.03. The monoisotopic (exact) mass is 260 g/mol. The van der Waals surface area contributed by atoms with Crippen molar-refractivity contribution in [2.75, 3.05) is 0 Å². The van der Waals surface area contributed by atoms with E-state index >= 15 is 0 Å². The third kappa shape index (κ3) is 1.51. The number of allylic oxidation sites excluding steroid dienone is 2. The van der Waals surface area contributed by atoms with Crippen molar-refractivity contribution in [2.24, 2.45) is 0 Å². The topological polar surface area (TPSA) is 0 Å². The fourth-order valence-electron chi connectivity index (χ4n) is 1.69. The summed E-state index contributed by atoms with van der Waals surface area (Å²) in [4.78, 5) is 5.17. The zero-order valence-corrected chi connectivity index (χ0v) is 11.3. The van der Waals surface area contributed by atoms with E-state index in [4.69, 9.17) is 0 Å². The molecule has 0 amide bonds. The molecule has 1 heterocycles. The van der Waals surface area contributed by atoms with Crippen LogP contribution in [0.1, 0.15) is 27.2 Å². The Morgan fingerprint density at radius 1 is 1.36 bits per heavy atom. The molecule has 1 rings (SSSR count). The van der Waals surface area contributed by atoms with E-state index in [-0.39, 0.29) is 0 Å². The fraction of sp³-hybridized carbons (Fsp3) is 0.800. The summed E-state index contributed by atoms with van der Waals surface area (Å²) in [5, 5.41) is 0. The number of hydrogen-bond acceptors (Lipinski definition) is 0. The average Bonchev–Trinajstić information content (AvgIpc) is 1.84. The van der Waals surface area contributed by atoms with E-state index in [1.54, 1.807) is 0 Å². The van der Waals surface area contributed by atoms with Crippen molar-refractivity contribution in [1.82, 2.24) is 0 Å². The van der Waals surface area contributed by atoms with Crippen LogP contribution in [-0.4, -0.2) is 18.4 Å². The van der Waals surface area contributed by atoms with Gasteiger partial charge in [-0.3, -0.25) is 0 Å². The van der Waals surface area contributed by atoms with Gasteiger partial charge in [0.25, 0.3) is 0 Å². The summed E-state index contributed by atoms with van der Waals surface area (Å²) < 4.78 is 1.59. The minimum atomic E-state index is -1.75. The third-order valence-electron chi connectivity index (χ3n) is 3.94. The van der Waals surface area contributed by atoms with Crippen LogP contribution < -0.4 is 0 Å². The van der Waals surface area contributed by atoms with Crippen molar-refractivity contribution in [3.63, 3.8) is 0 Å². The van der Waals surface area contributed by atoms with Crippen LogP contribution in [0.3, 0.4) is 0 Å². The Balaban J connectivity index is 2.96. The summed E-state index contributed by atoms with van der Waals surface area (Å²) in [5.41, 5.74) is 0. The van der Waals surface area contributed by atoms with Crippen molar-refractivity contribution in [3.8, 4) is 0 Å². The van der Waals surface area contributed by atoms with E-state index in [1.165, 1.54) is 6.42 Å². The van der Waals surface area contributed by atoms with Crippen LogP contribution in [-0.2, 0) is 0 Å². The van der Waals surface area contributed by atoms with Crippen molar-refractivity contribution >= 4 is 18.4 Å². The molecule has 11 heavy (non-hydrogen) atoms. The Morgan fingerprint density at radius 2 is 1.91 bits per heavy atom. The molecule has 1 aliphatic rings. The van der Waals surface area contributed by atoms with Crippen LogP contribution in [0.25, 0.3) is 0 Å². The van der Waals surface area contributed by atoms with Crippen LogP contribution in [0, 0.1) is 0 Å². The van der Waals surface area contributed by atoms with Crippen LogP contribution in [0.5, 0.6) is 0 Å². The van der Waals surface area contributed by atoms with Crippen LogP contribution in [0.15, 0.2) is 12.2 Å². The van der Waals surface area contributed by atoms with E-state index in [1.807, 2.05) is 0 Å². The summed E-state index contributed by atoms with van der Waals surface area (Å²) in [7, 11) is 0. The van der Waals surface area contributed by atoms with Crippen molar-refractivity contribution < 1.29 is 0 Å². The van der Waals surface area contributed by atoms with Crippen molar-refractivity contribution in [3.05, 3.63) is 12.2 Å². The molecule has 0 aromatic carbocycles. The number of rotatable bonds is 0. The van der Waals surface area contributed by atoms with Gasteiger partial charge in [0.05, 0.1) is 0 Å². The van der Waals surface area contributed by atoms with Gasteiger partial charge in [0.15, 0.2) is 0 Å². The molecule has 1 unspecified atom stereocenters. The van der Waals surface area contributed by atoms with Crippen LogP contribution >= 0.6 is 0 Å². The molecule has 0 aliphatic carbocycles. The molecule has 0 N–H and O–H groups in total. The quantitative estimate of drug-likeness (QED) is 0.458. The molecule has 64 valence electrons. The van der Waals surface area contributed by atoms with E-state index in [2.05, 4.69) is 42.8 Å². The summed E-state index contributed by atoms with van der Waals surface area (Å²) in [6.07, 6.45) is 6.15. The molecule has 0 nitrogen and oxygen atoms in total. The molecule has 0 spiro atoms. The molecule has 0 radical (unpaired) electrons. The van der Waals surface area contributed by atoms with Gasteiger partial charge in [-0.1, -0.05) is 0 Å². The predicted molar refractivity (Wildman–Crippen MR) is 54.7 cm³/mol. The Labute approximate surface area is 74.9 Å². The summed E-state index contributed by atoms with van der Waals surface area (Å²) in [5.74, 6) is 0. The Bertz CT molecular complexity index is 177. The SMILES string of the molecule is C[CH]1C=CC[C](C)(C)[Sn]1([CH3])[CH3]. The minimum absolute atomic E-state index is 0.669. The zero-order chi connectivity index (χ0) is 8.70. The molecule has 0 aromatic rings. The first-order valence-electron chi connectivity index (χ1n) is 4.54. The van der Waals surface area contributed by atoms with Crippen molar-refractivity contribution in [2.45, 2.75) is 44.4 Å². The van der Waals surface area contributed by atoms with Gasteiger partial charge < -0.3 is 0 Å². The summed E-state index contributed by atoms with van der Waals surface area (Å²) in [6.45, 7) is 7.33. The molecule has 1 atom stereocenters. The van der Waals surface area contributed by atoms with Gasteiger partial charge in [-0.05, 0) is 0 Å². The van der Waals surface area contributed by atoms with E-state index in [0.717, 1.165) is 3.93 Å². The van der Waals surface area contributed by atoms with Crippen molar-refractivity contribution in [1.29, 1.82) is 0 Å². The molecular formula is C10H20Sn. The maximum absolute atomic E-state index is 2.59.